The number of carbonyl (C=O) groups excluding carboxylic acids is 1. The molecule has 1 aromatic heterocycles. The third-order valence-electron chi connectivity index (χ3n) is 1.87. The fourth-order valence-electron chi connectivity index (χ4n) is 1.10. The van der Waals surface area contributed by atoms with E-state index in [2.05, 4.69) is 0 Å². The lowest BCUT2D eigenvalue weighted by atomic mass is 10.2. The van der Waals surface area contributed by atoms with E-state index in [9.17, 15) is 22.8 Å². The van der Waals surface area contributed by atoms with Crippen molar-refractivity contribution in [2.24, 2.45) is 0 Å². The molecule has 1 heterocycles. The average Bonchev–Trinajstić information content (AvgIpc) is 2.61. The normalized spacial score (nSPS) is 13.1. The van der Waals surface area contributed by atoms with E-state index in [0.29, 0.717) is 0 Å². The Labute approximate surface area is 117 Å². The summed E-state index contributed by atoms with van der Waals surface area (Å²) in [6.07, 6.45) is -6.26. The van der Waals surface area contributed by atoms with Crippen LogP contribution in [0, 0.1) is 2.88 Å². The number of hydrogen-bond donors (Lipinski definition) is 2. The van der Waals surface area contributed by atoms with Crippen molar-refractivity contribution < 1.29 is 27.9 Å². The highest BCUT2D eigenvalue weighted by Crippen LogP contribution is 2.22. The Balaban J connectivity index is 2.73. The molecule has 1 amide bonds. The first-order chi connectivity index (χ1) is 8.19. The molecule has 9 heteroatoms. The zero-order valence-electron chi connectivity index (χ0n) is 8.62. The van der Waals surface area contributed by atoms with Crippen molar-refractivity contribution in [2.45, 2.75) is 18.6 Å². The molecule has 1 atom stereocenters. The molecule has 0 saturated carbocycles. The summed E-state index contributed by atoms with van der Waals surface area (Å²) >= 11 is 3.18. The lowest BCUT2D eigenvalue weighted by molar-refractivity contribution is -0.157. The highest BCUT2D eigenvalue weighted by molar-refractivity contribution is 14.1. The molecule has 0 bridgehead atoms. The van der Waals surface area contributed by atoms with Crippen LogP contribution in [0.4, 0.5) is 13.2 Å². The molecule has 0 aliphatic heterocycles. The van der Waals surface area contributed by atoms with Crippen molar-refractivity contribution in [3.8, 4) is 0 Å². The van der Waals surface area contributed by atoms with E-state index in [1.165, 1.54) is 22.8 Å². The minimum absolute atomic E-state index is 0.151. The van der Waals surface area contributed by atoms with E-state index < -0.39 is 30.5 Å². The molecule has 0 aliphatic carbocycles. The van der Waals surface area contributed by atoms with Gasteiger partial charge in [-0.05, 0) is 28.7 Å². The fourth-order valence-corrected chi connectivity index (χ4v) is 2.43. The van der Waals surface area contributed by atoms with E-state index in [0.717, 1.165) is 2.88 Å². The molecule has 4 nitrogen and oxygen atoms in total. The Morgan fingerprint density at radius 2 is 2.11 bits per heavy atom. The van der Waals surface area contributed by atoms with Crippen LogP contribution in [0.1, 0.15) is 16.8 Å². The zero-order chi connectivity index (χ0) is 13.9. The largest absolute Gasteiger partial charge is 0.480 e. The first-order valence-electron chi connectivity index (χ1n) is 4.53. The smallest absolute Gasteiger partial charge is 0.391 e. The SMILES string of the molecule is O=C(NC(CC(F)(F)F)C(=O)O)c1csc(I)c1. The van der Waals surface area contributed by atoms with Crippen molar-refractivity contribution >= 4 is 45.8 Å². The summed E-state index contributed by atoms with van der Waals surface area (Å²) in [5.74, 6) is -2.54. The van der Waals surface area contributed by atoms with Gasteiger partial charge in [0.15, 0.2) is 0 Å². The number of alkyl halides is 3. The highest BCUT2D eigenvalue weighted by Gasteiger charge is 2.36. The molecule has 0 aromatic carbocycles. The number of rotatable bonds is 4. The molecule has 0 saturated heterocycles. The molecule has 0 fully saturated rings. The molecule has 100 valence electrons. The molecule has 1 rings (SSSR count). The van der Waals surface area contributed by atoms with Gasteiger partial charge < -0.3 is 10.4 Å². The van der Waals surface area contributed by atoms with E-state index in [-0.39, 0.29) is 5.56 Å². The minimum atomic E-state index is -4.65. The van der Waals surface area contributed by atoms with Gasteiger partial charge in [0.1, 0.15) is 6.04 Å². The van der Waals surface area contributed by atoms with Gasteiger partial charge in [-0.15, -0.1) is 11.3 Å². The van der Waals surface area contributed by atoms with E-state index in [1.807, 2.05) is 27.9 Å². The third-order valence-corrected chi connectivity index (χ3v) is 3.66. The van der Waals surface area contributed by atoms with Gasteiger partial charge in [-0.2, -0.15) is 13.2 Å². The van der Waals surface area contributed by atoms with E-state index in [1.54, 1.807) is 0 Å². The number of hydrogen-bond acceptors (Lipinski definition) is 3. The Hall–Kier alpha value is -0.840. The van der Waals surface area contributed by atoms with Gasteiger partial charge in [0.05, 0.1) is 14.9 Å². The van der Waals surface area contributed by atoms with Crippen molar-refractivity contribution in [1.29, 1.82) is 0 Å². The first kappa shape index (κ1) is 15.2. The molecule has 1 unspecified atom stereocenters. The van der Waals surface area contributed by atoms with Gasteiger partial charge in [-0.25, -0.2) is 4.79 Å². The second-order valence-electron chi connectivity index (χ2n) is 3.32. The molecular formula is C9H7F3INO3S. The standard InChI is InChI=1S/C9H7F3INO3S/c10-9(11,12)2-5(8(16)17)14-7(15)4-1-6(13)18-3-4/h1,3,5H,2H2,(H,14,15)(H,16,17). The van der Waals surface area contributed by atoms with Crippen LogP contribution in [0.5, 0.6) is 0 Å². The molecule has 2 N–H and O–H groups in total. The van der Waals surface area contributed by atoms with Crippen LogP contribution in [0.2, 0.25) is 0 Å². The summed E-state index contributed by atoms with van der Waals surface area (Å²) in [6, 6.07) is -0.511. The van der Waals surface area contributed by atoms with Crippen LogP contribution >= 0.6 is 33.9 Å². The topological polar surface area (TPSA) is 66.4 Å². The van der Waals surface area contributed by atoms with Crippen LogP contribution < -0.4 is 5.32 Å². The summed E-state index contributed by atoms with van der Waals surface area (Å²) in [5, 5.41) is 11.9. The van der Waals surface area contributed by atoms with Gasteiger partial charge in [0, 0.05) is 5.38 Å². The second-order valence-corrected chi connectivity index (χ2v) is 6.13. The van der Waals surface area contributed by atoms with Crippen LogP contribution in [0.3, 0.4) is 0 Å². The molecule has 18 heavy (non-hydrogen) atoms. The maximum absolute atomic E-state index is 12.1. The Morgan fingerprint density at radius 3 is 2.50 bits per heavy atom. The number of carbonyl (C=O) groups is 2. The van der Waals surface area contributed by atoms with Gasteiger partial charge in [0.25, 0.3) is 5.91 Å². The monoisotopic (exact) mass is 393 g/mol. The van der Waals surface area contributed by atoms with Gasteiger partial charge in [-0.3, -0.25) is 4.79 Å². The molecule has 0 radical (unpaired) electrons. The highest BCUT2D eigenvalue weighted by atomic mass is 127. The first-order valence-corrected chi connectivity index (χ1v) is 6.49. The summed E-state index contributed by atoms with van der Waals surface area (Å²) in [5.41, 5.74) is 0.151. The maximum Gasteiger partial charge on any atom is 0.391 e. The summed E-state index contributed by atoms with van der Waals surface area (Å²) in [7, 11) is 0. The number of amides is 1. The zero-order valence-corrected chi connectivity index (χ0v) is 11.6. The maximum atomic E-state index is 12.1. The van der Waals surface area contributed by atoms with Gasteiger partial charge in [-0.1, -0.05) is 0 Å². The van der Waals surface area contributed by atoms with E-state index in [4.69, 9.17) is 5.11 Å². The minimum Gasteiger partial charge on any atom is -0.480 e. The Kier molecular flexibility index (Phi) is 4.96. The molecule has 0 aliphatic rings. The van der Waals surface area contributed by atoms with Crippen molar-refractivity contribution in [3.05, 3.63) is 19.9 Å². The number of carboxylic acid groups (broad SMARTS) is 1. The van der Waals surface area contributed by atoms with Crippen LogP contribution in [0.15, 0.2) is 11.4 Å². The fraction of sp³-hybridized carbons (Fsp3) is 0.333. The van der Waals surface area contributed by atoms with Gasteiger partial charge in [0.2, 0.25) is 0 Å². The third kappa shape index (κ3) is 4.80. The van der Waals surface area contributed by atoms with Gasteiger partial charge >= 0.3 is 12.1 Å². The predicted octanol–water partition coefficient (Wildman–Crippen LogP) is 2.49. The summed E-state index contributed by atoms with van der Waals surface area (Å²) in [6.45, 7) is 0. The van der Waals surface area contributed by atoms with Crippen molar-refractivity contribution in [1.82, 2.24) is 5.32 Å². The quantitative estimate of drug-likeness (QED) is 0.773. The van der Waals surface area contributed by atoms with Crippen LogP contribution in [-0.2, 0) is 4.79 Å². The van der Waals surface area contributed by atoms with Crippen LogP contribution in [-0.4, -0.2) is 29.2 Å². The molecule has 0 spiro atoms. The van der Waals surface area contributed by atoms with E-state index >= 15 is 0 Å². The second kappa shape index (κ2) is 5.87. The Morgan fingerprint density at radius 1 is 1.50 bits per heavy atom. The average molecular weight is 393 g/mol. The molecule has 1 aromatic rings. The number of carboxylic acids is 1. The number of nitrogens with one attached hydrogen (secondary N) is 1. The Bertz CT molecular complexity index is 460. The van der Waals surface area contributed by atoms with Crippen molar-refractivity contribution in [2.75, 3.05) is 0 Å². The lowest BCUT2D eigenvalue weighted by Gasteiger charge is -2.15. The number of halogens is 4. The van der Waals surface area contributed by atoms with Crippen LogP contribution in [0.25, 0.3) is 0 Å². The van der Waals surface area contributed by atoms with Crippen molar-refractivity contribution in [3.63, 3.8) is 0 Å². The predicted molar refractivity (Wildman–Crippen MR) is 66.6 cm³/mol. The lowest BCUT2D eigenvalue weighted by Crippen LogP contribution is -2.43. The number of aliphatic carboxylic acids is 1. The summed E-state index contributed by atoms with van der Waals surface area (Å²) < 4.78 is 37.1. The summed E-state index contributed by atoms with van der Waals surface area (Å²) in [4.78, 5) is 22.2. The molecular weight excluding hydrogens is 386 g/mol. The number of thiophene rings is 1.